The smallest absolute Gasteiger partial charge is 0.134 e. The summed E-state index contributed by atoms with van der Waals surface area (Å²) < 4.78 is 19.2. The van der Waals surface area contributed by atoms with Crippen LogP contribution in [0.25, 0.3) is 11.0 Å². The van der Waals surface area contributed by atoms with E-state index in [1.807, 2.05) is 6.07 Å². The van der Waals surface area contributed by atoms with Crippen LogP contribution in [0, 0.1) is 0 Å². The maximum atomic E-state index is 9.03. The quantitative estimate of drug-likeness (QED) is 0.673. The lowest BCUT2D eigenvalue weighted by atomic mass is 10.2. The first-order valence-corrected chi connectivity index (χ1v) is 3.29. The second kappa shape index (κ2) is 2.40. The van der Waals surface area contributed by atoms with Crippen molar-refractivity contribution in [3.05, 3.63) is 36.1 Å². The molecule has 1 aromatic heterocycles. The molecule has 0 fully saturated rings. The van der Waals surface area contributed by atoms with Crippen molar-refractivity contribution >= 4 is 11.0 Å². The summed E-state index contributed by atoms with van der Waals surface area (Å²) in [5.74, 6) is -0.0614. The Hall–Kier alpha value is -1.28. The summed E-state index contributed by atoms with van der Waals surface area (Å²) in [6.45, 7) is -2.40. The summed E-state index contributed by atoms with van der Waals surface area (Å²) in [6, 6.07) is 8.64. The van der Waals surface area contributed by atoms with Crippen molar-refractivity contribution in [2.45, 2.75) is 6.56 Å². The molecule has 1 aromatic carbocycles. The van der Waals surface area contributed by atoms with Gasteiger partial charge in [-0.2, -0.15) is 0 Å². The van der Waals surface area contributed by atoms with E-state index in [1.165, 1.54) is 6.07 Å². The lowest BCUT2D eigenvalue weighted by molar-refractivity contribution is 0.251. The van der Waals surface area contributed by atoms with Gasteiger partial charge in [-0.25, -0.2) is 0 Å². The van der Waals surface area contributed by atoms with Gasteiger partial charge in [-0.15, -0.1) is 0 Å². The van der Waals surface area contributed by atoms with E-state index in [9.17, 15) is 0 Å². The number of fused-ring (bicyclic) bond motifs is 1. The third-order valence-corrected chi connectivity index (χ3v) is 1.54. The molecule has 2 aromatic rings. The average Bonchev–Trinajstić information content (AvgIpc) is 2.45. The number of hydrogen-bond acceptors (Lipinski definition) is 2. The lowest BCUT2D eigenvalue weighted by Gasteiger charge is -1.83. The topological polar surface area (TPSA) is 33.4 Å². The van der Waals surface area contributed by atoms with Crippen LogP contribution in [0.3, 0.4) is 0 Å². The van der Waals surface area contributed by atoms with Gasteiger partial charge in [0.15, 0.2) is 0 Å². The molecule has 2 rings (SSSR count). The van der Waals surface area contributed by atoms with Crippen molar-refractivity contribution in [3.8, 4) is 0 Å². The Bertz CT molecular complexity index is 395. The van der Waals surface area contributed by atoms with Crippen molar-refractivity contribution in [2.24, 2.45) is 0 Å². The van der Waals surface area contributed by atoms with E-state index in [2.05, 4.69) is 0 Å². The molecule has 0 bridgehead atoms. The summed E-state index contributed by atoms with van der Waals surface area (Å²) in [5.41, 5.74) is 0.579. The van der Waals surface area contributed by atoms with Crippen LogP contribution in [0.15, 0.2) is 34.7 Å². The van der Waals surface area contributed by atoms with Gasteiger partial charge in [0, 0.05) is 5.39 Å². The molecule has 0 aliphatic rings. The van der Waals surface area contributed by atoms with Gasteiger partial charge in [-0.1, -0.05) is 18.2 Å². The highest BCUT2D eigenvalue weighted by atomic mass is 16.4. The highest BCUT2D eigenvalue weighted by Gasteiger charge is 1.99. The van der Waals surface area contributed by atoms with E-state index in [0.717, 1.165) is 5.39 Å². The second-order valence-corrected chi connectivity index (χ2v) is 2.26. The standard InChI is InChI=1S/C9H8O2/c10-6-8-5-7-3-1-2-4-9(7)11-8/h1-5,10H,6H2/i6D2. The zero-order valence-electron chi connectivity index (χ0n) is 7.74. The van der Waals surface area contributed by atoms with Gasteiger partial charge in [-0.3, -0.25) is 0 Å². The molecular formula is C9H8O2. The minimum absolute atomic E-state index is 0.0614. The highest BCUT2D eigenvalue weighted by molar-refractivity contribution is 5.77. The Morgan fingerprint density at radius 3 is 3.00 bits per heavy atom. The molecule has 0 aliphatic carbocycles. The normalized spacial score (nSPS) is 14.6. The van der Waals surface area contributed by atoms with Gasteiger partial charge in [0.1, 0.15) is 17.9 Å². The van der Waals surface area contributed by atoms with Crippen molar-refractivity contribution in [1.29, 1.82) is 0 Å². The summed E-state index contributed by atoms with van der Waals surface area (Å²) >= 11 is 0. The zero-order valence-corrected chi connectivity index (χ0v) is 5.74. The van der Waals surface area contributed by atoms with Crippen molar-refractivity contribution in [3.63, 3.8) is 0 Å². The number of rotatable bonds is 1. The number of para-hydroxylation sites is 1. The number of hydrogen-bond donors (Lipinski definition) is 1. The third kappa shape index (κ3) is 1.01. The summed E-state index contributed by atoms with van der Waals surface area (Å²) in [6.07, 6.45) is 0. The second-order valence-electron chi connectivity index (χ2n) is 2.26. The molecule has 0 saturated carbocycles. The number of aliphatic hydroxyl groups is 1. The Labute approximate surface area is 66.9 Å². The molecule has 56 valence electrons. The third-order valence-electron chi connectivity index (χ3n) is 1.54. The van der Waals surface area contributed by atoms with Crippen LogP contribution in [0.5, 0.6) is 0 Å². The highest BCUT2D eigenvalue weighted by Crippen LogP contribution is 2.18. The Morgan fingerprint density at radius 1 is 1.45 bits per heavy atom. The minimum atomic E-state index is -2.40. The van der Waals surface area contributed by atoms with E-state index in [-0.39, 0.29) is 5.76 Å². The maximum absolute atomic E-state index is 9.03. The van der Waals surface area contributed by atoms with Gasteiger partial charge >= 0.3 is 0 Å². The lowest BCUT2D eigenvalue weighted by Crippen LogP contribution is -1.72. The van der Waals surface area contributed by atoms with Crippen LogP contribution in [0.1, 0.15) is 8.50 Å². The van der Waals surface area contributed by atoms with Gasteiger partial charge < -0.3 is 9.52 Å². The molecule has 0 amide bonds. The fourth-order valence-electron chi connectivity index (χ4n) is 1.04. The first-order chi connectivity index (χ1) is 6.07. The van der Waals surface area contributed by atoms with Crippen LogP contribution in [0.4, 0.5) is 0 Å². The SMILES string of the molecule is [2H]C([2H])(O)c1cc2ccccc2o1. The molecule has 2 nitrogen and oxygen atoms in total. The fraction of sp³-hybridized carbons (Fsp3) is 0.111. The molecule has 0 atom stereocenters. The van der Waals surface area contributed by atoms with Crippen LogP contribution in [-0.4, -0.2) is 5.11 Å². The predicted octanol–water partition coefficient (Wildman–Crippen LogP) is 1.93. The minimum Gasteiger partial charge on any atom is -0.459 e. The van der Waals surface area contributed by atoms with Gasteiger partial charge in [0.25, 0.3) is 0 Å². The van der Waals surface area contributed by atoms with Crippen LogP contribution in [0.2, 0.25) is 0 Å². The summed E-state index contributed by atoms with van der Waals surface area (Å²) in [5, 5.41) is 9.82. The zero-order chi connectivity index (χ0) is 9.47. The summed E-state index contributed by atoms with van der Waals surface area (Å²) in [7, 11) is 0. The van der Waals surface area contributed by atoms with Crippen LogP contribution >= 0.6 is 0 Å². The van der Waals surface area contributed by atoms with Gasteiger partial charge in [0.2, 0.25) is 0 Å². The first kappa shape index (κ1) is 4.57. The Kier molecular flexibility index (Phi) is 0.996. The fourth-order valence-corrected chi connectivity index (χ4v) is 1.04. The van der Waals surface area contributed by atoms with Crippen LogP contribution < -0.4 is 0 Å². The van der Waals surface area contributed by atoms with Gasteiger partial charge in [-0.05, 0) is 12.1 Å². The number of furan rings is 1. The molecular weight excluding hydrogens is 140 g/mol. The molecule has 2 heteroatoms. The summed E-state index contributed by atoms with van der Waals surface area (Å²) in [4.78, 5) is 0. The average molecular weight is 150 g/mol. The largest absolute Gasteiger partial charge is 0.459 e. The molecule has 1 heterocycles. The van der Waals surface area contributed by atoms with E-state index in [1.54, 1.807) is 18.2 Å². The van der Waals surface area contributed by atoms with Gasteiger partial charge in [0.05, 0.1) is 2.74 Å². The molecule has 0 radical (unpaired) electrons. The first-order valence-electron chi connectivity index (χ1n) is 4.29. The van der Waals surface area contributed by atoms with E-state index in [4.69, 9.17) is 12.3 Å². The number of benzene rings is 1. The predicted molar refractivity (Wildman–Crippen MR) is 42.1 cm³/mol. The molecule has 11 heavy (non-hydrogen) atoms. The van der Waals surface area contributed by atoms with Crippen molar-refractivity contribution in [2.75, 3.05) is 0 Å². The maximum Gasteiger partial charge on any atom is 0.134 e. The van der Waals surface area contributed by atoms with E-state index >= 15 is 0 Å². The van der Waals surface area contributed by atoms with E-state index in [0.29, 0.717) is 5.58 Å². The Morgan fingerprint density at radius 2 is 2.27 bits per heavy atom. The monoisotopic (exact) mass is 150 g/mol. The molecule has 0 unspecified atom stereocenters. The molecule has 0 aliphatic heterocycles. The van der Waals surface area contributed by atoms with Crippen molar-refractivity contribution in [1.82, 2.24) is 0 Å². The van der Waals surface area contributed by atoms with E-state index < -0.39 is 6.56 Å². The molecule has 0 spiro atoms. The van der Waals surface area contributed by atoms with Crippen LogP contribution in [-0.2, 0) is 6.56 Å². The Balaban J connectivity index is 2.63. The van der Waals surface area contributed by atoms with Crippen molar-refractivity contribution < 1.29 is 12.3 Å². The molecule has 1 N–H and O–H groups in total. The molecule has 0 saturated heterocycles.